The molecular formula is C51H68N4O14. The summed E-state index contributed by atoms with van der Waals surface area (Å²) in [6.07, 6.45) is 1.38. The number of ketones is 4. The average Bonchev–Trinajstić information content (AvgIpc) is 3.30. The molecule has 3 aromatic carbocycles. The van der Waals surface area contributed by atoms with Crippen molar-refractivity contribution in [2.45, 2.75) is 103 Å². The fourth-order valence-corrected chi connectivity index (χ4v) is 6.69. The molecule has 0 radical (unpaired) electrons. The van der Waals surface area contributed by atoms with Crippen molar-refractivity contribution >= 4 is 52.4 Å². The number of phenolic OH excluding ortho intramolecular Hbond substituents is 3. The summed E-state index contributed by atoms with van der Waals surface area (Å²) in [5.41, 5.74) is 0.590. The van der Waals surface area contributed by atoms with Crippen molar-refractivity contribution in [3.05, 3.63) is 83.9 Å². The second-order valence-corrected chi connectivity index (χ2v) is 17.2. The van der Waals surface area contributed by atoms with Crippen molar-refractivity contribution in [2.24, 2.45) is 5.92 Å². The first-order valence-corrected chi connectivity index (χ1v) is 23.3. The zero-order valence-electron chi connectivity index (χ0n) is 39.7. The van der Waals surface area contributed by atoms with Crippen LogP contribution in [0.25, 0.3) is 0 Å². The molecule has 18 heteroatoms. The molecule has 1 atom stereocenters. The van der Waals surface area contributed by atoms with Crippen LogP contribution in [0.1, 0.15) is 95.6 Å². The Hall–Kier alpha value is -6.50. The minimum absolute atomic E-state index is 0.00617. The maximum absolute atomic E-state index is 13.5. The van der Waals surface area contributed by atoms with E-state index in [4.69, 9.17) is 14.2 Å². The van der Waals surface area contributed by atoms with Gasteiger partial charge in [0.15, 0.2) is 0 Å². The lowest BCUT2D eigenvalue weighted by molar-refractivity contribution is -0.131. The number of carbonyl (C=O) groups excluding carboxylic acids is 8. The fraction of sp³-hybridized carbons (Fsp3) is 0.490. The number of aromatic hydroxyl groups is 3. The highest BCUT2D eigenvalue weighted by molar-refractivity contribution is 5.91. The second-order valence-electron chi connectivity index (χ2n) is 17.2. The molecule has 376 valence electrons. The van der Waals surface area contributed by atoms with E-state index in [1.807, 2.05) is 0 Å². The van der Waals surface area contributed by atoms with Crippen molar-refractivity contribution in [1.82, 2.24) is 16.0 Å². The molecule has 0 aromatic heterocycles. The number of carbonyl (C=O) groups is 8. The molecule has 0 bridgehead atoms. The van der Waals surface area contributed by atoms with E-state index in [-0.39, 0.29) is 188 Å². The number of Topliss-reactive ketones (excluding diaryl/α,β-unsaturated/α-hetero) is 4. The Morgan fingerprint density at radius 1 is 0.478 bits per heavy atom. The number of phenols is 3. The molecule has 1 unspecified atom stereocenters. The van der Waals surface area contributed by atoms with E-state index in [0.29, 0.717) is 12.1 Å². The van der Waals surface area contributed by atoms with Crippen LogP contribution in [-0.2, 0) is 65.4 Å². The summed E-state index contributed by atoms with van der Waals surface area (Å²) in [7, 11) is 0. The van der Waals surface area contributed by atoms with Crippen LogP contribution in [0.2, 0.25) is 0 Å². The standard InChI is InChI=1S/C51H68N4O14/c1-36(2)46(62)7-4-8-50(66)55-51(33-67-28-23-40(56)5-3-6-44(60)31-37-9-15-41(57)16-10-37,34-68-29-24-47(63)52-26-21-45(61)32-38-11-17-42(58)18-12-38)35-69-30-25-48(64)53-27-22-49(65)54-39-13-19-43(59)20-14-39/h9-20,36,57-59H,3-8,21-35H2,1-2H3,(H,52,63)(H,53,64)(H,54,65)(H,55,66). The van der Waals surface area contributed by atoms with Crippen molar-refractivity contribution in [3.63, 3.8) is 0 Å². The molecule has 0 saturated heterocycles. The van der Waals surface area contributed by atoms with E-state index in [9.17, 15) is 53.7 Å². The number of rotatable bonds is 36. The molecule has 4 amide bonds. The smallest absolute Gasteiger partial charge is 0.226 e. The molecule has 7 N–H and O–H groups in total. The van der Waals surface area contributed by atoms with Crippen LogP contribution in [-0.4, -0.2) is 120 Å². The summed E-state index contributed by atoms with van der Waals surface area (Å²) in [6.45, 7) is 2.80. The average molecular weight is 961 g/mol. The van der Waals surface area contributed by atoms with Crippen LogP contribution in [0.15, 0.2) is 72.8 Å². The van der Waals surface area contributed by atoms with E-state index in [1.54, 1.807) is 38.1 Å². The molecule has 0 aliphatic carbocycles. The lowest BCUT2D eigenvalue weighted by atomic mass is 10.0. The first-order valence-electron chi connectivity index (χ1n) is 23.3. The van der Waals surface area contributed by atoms with Gasteiger partial charge in [0.1, 0.15) is 45.9 Å². The van der Waals surface area contributed by atoms with Crippen LogP contribution in [0.5, 0.6) is 17.2 Å². The maximum Gasteiger partial charge on any atom is 0.226 e. The van der Waals surface area contributed by atoms with E-state index in [2.05, 4.69) is 21.3 Å². The van der Waals surface area contributed by atoms with Gasteiger partial charge in [0.25, 0.3) is 0 Å². The Kier molecular flexibility index (Phi) is 26.0. The van der Waals surface area contributed by atoms with Gasteiger partial charge in [0.05, 0.1) is 39.6 Å². The first-order chi connectivity index (χ1) is 33.0. The third-order valence-corrected chi connectivity index (χ3v) is 10.6. The minimum atomic E-state index is -1.39. The normalized spacial score (nSPS) is 11.9. The number of nitrogens with one attached hydrogen (secondary N) is 4. The SMILES string of the molecule is CC(C)C(=O)CCCC(=O)NC(COCCC(=O)CCCC(=O)Cc1ccc(O)cc1)(COCCC(=O)NCCC(=O)Cc1ccc(O)cc1)COCCC(=O)NCCC(=O)Nc1ccc(O)cc1. The van der Waals surface area contributed by atoms with Gasteiger partial charge in [-0.15, -0.1) is 0 Å². The molecule has 3 aromatic rings. The Morgan fingerprint density at radius 2 is 0.913 bits per heavy atom. The zero-order valence-corrected chi connectivity index (χ0v) is 39.7. The molecule has 0 heterocycles. The van der Waals surface area contributed by atoms with E-state index < -0.39 is 17.4 Å². The molecule has 0 spiro atoms. The predicted octanol–water partition coefficient (Wildman–Crippen LogP) is 4.59. The lowest BCUT2D eigenvalue weighted by Crippen LogP contribution is -2.58. The van der Waals surface area contributed by atoms with Gasteiger partial charge < -0.3 is 50.8 Å². The summed E-state index contributed by atoms with van der Waals surface area (Å²) in [6, 6.07) is 18.6. The Labute approximate surface area is 403 Å². The van der Waals surface area contributed by atoms with Gasteiger partial charge in [-0.25, -0.2) is 0 Å². The van der Waals surface area contributed by atoms with Crippen molar-refractivity contribution in [2.75, 3.05) is 58.0 Å². The topological polar surface area (TPSA) is 273 Å². The number of anilines is 1. The van der Waals surface area contributed by atoms with Crippen molar-refractivity contribution in [1.29, 1.82) is 0 Å². The summed E-state index contributed by atoms with van der Waals surface area (Å²) in [5, 5.41) is 39.4. The molecule has 69 heavy (non-hydrogen) atoms. The number of benzene rings is 3. The third kappa shape index (κ3) is 25.4. The van der Waals surface area contributed by atoms with E-state index in [1.165, 1.54) is 48.5 Å². The second kappa shape index (κ2) is 31.5. The molecule has 0 fully saturated rings. The Bertz CT molecular complexity index is 1900. The number of amides is 4. The van der Waals surface area contributed by atoms with Crippen LogP contribution >= 0.6 is 0 Å². The third-order valence-electron chi connectivity index (χ3n) is 10.6. The van der Waals surface area contributed by atoms with Crippen LogP contribution in [0.3, 0.4) is 0 Å². The maximum atomic E-state index is 13.5. The molecule has 0 saturated carbocycles. The van der Waals surface area contributed by atoms with Gasteiger partial charge >= 0.3 is 0 Å². The van der Waals surface area contributed by atoms with Crippen molar-refractivity contribution < 1.29 is 67.9 Å². The highest BCUT2D eigenvalue weighted by Crippen LogP contribution is 2.16. The van der Waals surface area contributed by atoms with Gasteiger partial charge in [-0.05, 0) is 72.5 Å². The van der Waals surface area contributed by atoms with E-state index >= 15 is 0 Å². The highest BCUT2D eigenvalue weighted by atomic mass is 16.5. The zero-order chi connectivity index (χ0) is 50.4. The summed E-state index contributed by atoms with van der Waals surface area (Å²) >= 11 is 0. The molecule has 3 rings (SSSR count). The monoisotopic (exact) mass is 960 g/mol. The molecule has 0 aliphatic heterocycles. The largest absolute Gasteiger partial charge is 0.508 e. The highest BCUT2D eigenvalue weighted by Gasteiger charge is 2.34. The molecule has 0 aliphatic rings. The van der Waals surface area contributed by atoms with Crippen LogP contribution in [0, 0.1) is 5.92 Å². The number of ether oxygens (including phenoxy) is 3. The number of hydrogen-bond donors (Lipinski definition) is 7. The van der Waals surface area contributed by atoms with Crippen LogP contribution < -0.4 is 21.3 Å². The summed E-state index contributed by atoms with van der Waals surface area (Å²) in [4.78, 5) is 101. The van der Waals surface area contributed by atoms with Crippen molar-refractivity contribution in [3.8, 4) is 17.2 Å². The Balaban J connectivity index is 1.58. The van der Waals surface area contributed by atoms with Gasteiger partial charge in [-0.3, -0.25) is 38.4 Å². The number of hydrogen-bond acceptors (Lipinski definition) is 14. The van der Waals surface area contributed by atoms with Crippen LogP contribution in [0.4, 0.5) is 5.69 Å². The minimum Gasteiger partial charge on any atom is -0.508 e. The quantitative estimate of drug-likeness (QED) is 0.0311. The van der Waals surface area contributed by atoms with Gasteiger partial charge in [0, 0.05) is 95.3 Å². The Morgan fingerprint density at radius 3 is 1.42 bits per heavy atom. The molecule has 18 nitrogen and oxygen atoms in total. The van der Waals surface area contributed by atoms with Gasteiger partial charge in [-0.1, -0.05) is 38.1 Å². The van der Waals surface area contributed by atoms with Gasteiger partial charge in [-0.2, -0.15) is 0 Å². The summed E-state index contributed by atoms with van der Waals surface area (Å²) in [5.74, 6) is -1.79. The van der Waals surface area contributed by atoms with E-state index in [0.717, 1.165) is 11.1 Å². The fourth-order valence-electron chi connectivity index (χ4n) is 6.69. The first kappa shape index (κ1) is 56.8. The summed E-state index contributed by atoms with van der Waals surface area (Å²) < 4.78 is 17.9. The van der Waals surface area contributed by atoms with Gasteiger partial charge in [0.2, 0.25) is 23.6 Å². The molecular weight excluding hydrogens is 893 g/mol. The lowest BCUT2D eigenvalue weighted by Gasteiger charge is -2.34. The predicted molar refractivity (Wildman–Crippen MR) is 255 cm³/mol.